The van der Waals surface area contributed by atoms with E-state index in [4.69, 9.17) is 0 Å². The van der Waals surface area contributed by atoms with Crippen LogP contribution in [0.2, 0.25) is 0 Å². The van der Waals surface area contributed by atoms with Crippen molar-refractivity contribution in [3.8, 4) is 0 Å². The molecule has 5 rings (SSSR count). The first-order chi connectivity index (χ1) is 23.4. The van der Waals surface area contributed by atoms with Crippen molar-refractivity contribution in [2.75, 3.05) is 6.54 Å². The van der Waals surface area contributed by atoms with Crippen LogP contribution >= 0.6 is 0 Å². The molecule has 5 amide bonds. The zero-order chi connectivity index (χ0) is 35.3. The Bertz CT molecular complexity index is 1390. The van der Waals surface area contributed by atoms with Gasteiger partial charge in [0.25, 0.3) is 11.8 Å². The maximum absolute atomic E-state index is 14.6. The van der Waals surface area contributed by atoms with Gasteiger partial charge in [0.2, 0.25) is 23.5 Å². The molecule has 4 N–H and O–H groups in total. The smallest absolute Gasteiger partial charge is 0.289 e. The lowest BCUT2D eigenvalue weighted by Gasteiger charge is -2.38. The number of nitrogens with zero attached hydrogens (tertiary/aromatic N) is 3. The van der Waals surface area contributed by atoms with Crippen LogP contribution in [0, 0.1) is 23.2 Å². The Kier molecular flexibility index (Phi) is 11.7. The first-order valence-electron chi connectivity index (χ1n) is 18.2. The Morgan fingerprint density at radius 3 is 2.27 bits per heavy atom. The lowest BCUT2D eigenvalue weighted by molar-refractivity contribution is -0.146. The van der Waals surface area contributed by atoms with E-state index in [0.29, 0.717) is 19.4 Å². The van der Waals surface area contributed by atoms with Gasteiger partial charge >= 0.3 is 0 Å². The zero-order valence-electron chi connectivity index (χ0n) is 29.3. The number of nitrogens with one attached hydrogen (secondary N) is 4. The average Bonchev–Trinajstić information content (AvgIpc) is 3.65. The van der Waals surface area contributed by atoms with Gasteiger partial charge in [-0.25, -0.2) is 4.98 Å². The first kappa shape index (κ1) is 36.4. The quantitative estimate of drug-likeness (QED) is 0.230. The van der Waals surface area contributed by atoms with Gasteiger partial charge in [0, 0.05) is 25.0 Å². The summed E-state index contributed by atoms with van der Waals surface area (Å²) in [6.45, 7) is 7.85. The summed E-state index contributed by atoms with van der Waals surface area (Å²) in [4.78, 5) is 91.4. The third kappa shape index (κ3) is 8.83. The number of likely N-dealkylation sites (tertiary alicyclic amines) is 1. The van der Waals surface area contributed by atoms with Crippen LogP contribution in [0.4, 0.5) is 0 Å². The van der Waals surface area contributed by atoms with Crippen LogP contribution < -0.4 is 21.3 Å². The number of aromatic nitrogens is 2. The van der Waals surface area contributed by atoms with E-state index < -0.39 is 59.0 Å². The summed E-state index contributed by atoms with van der Waals surface area (Å²) >= 11 is 0. The van der Waals surface area contributed by atoms with Crippen LogP contribution in [0.15, 0.2) is 18.6 Å². The molecule has 1 saturated heterocycles. The molecule has 0 spiro atoms. The fourth-order valence-corrected chi connectivity index (χ4v) is 7.87. The Labute approximate surface area is 288 Å². The number of Topliss-reactive ketones (excluding diaryl/α,β-unsaturated/α-hetero) is 1. The van der Waals surface area contributed by atoms with E-state index in [2.05, 4.69) is 31.2 Å². The molecule has 4 aliphatic rings. The lowest BCUT2D eigenvalue weighted by atomic mass is 9.82. The summed E-state index contributed by atoms with van der Waals surface area (Å²) < 4.78 is 0. The van der Waals surface area contributed by atoms with Gasteiger partial charge in [0.05, 0.1) is 12.2 Å². The molecular weight excluding hydrogens is 626 g/mol. The van der Waals surface area contributed by atoms with Crippen molar-refractivity contribution >= 4 is 35.3 Å². The molecule has 49 heavy (non-hydrogen) atoms. The Balaban J connectivity index is 1.36. The molecule has 1 aliphatic heterocycles. The largest absolute Gasteiger partial charge is 0.347 e. The third-order valence-corrected chi connectivity index (χ3v) is 10.7. The van der Waals surface area contributed by atoms with Gasteiger partial charge in [-0.2, -0.15) is 0 Å². The molecule has 2 heterocycles. The Morgan fingerprint density at radius 2 is 1.63 bits per heavy atom. The number of hydrogen-bond acceptors (Lipinski definition) is 8. The van der Waals surface area contributed by atoms with Crippen LogP contribution in [0.3, 0.4) is 0 Å². The summed E-state index contributed by atoms with van der Waals surface area (Å²) in [7, 11) is 0. The highest BCUT2D eigenvalue weighted by atomic mass is 16.2. The second kappa shape index (κ2) is 15.8. The molecule has 1 aromatic heterocycles. The zero-order valence-corrected chi connectivity index (χ0v) is 29.3. The van der Waals surface area contributed by atoms with Crippen molar-refractivity contribution in [1.29, 1.82) is 0 Å². The molecule has 3 aliphatic carbocycles. The second-order valence-corrected chi connectivity index (χ2v) is 15.5. The van der Waals surface area contributed by atoms with Crippen LogP contribution in [-0.4, -0.2) is 86.9 Å². The SMILES string of the molecule is CCC[C@H](NC(=O)[C@@H]1[C@H]2CCC[C@@H]2CN1C(=O)[C@H](NC(=O)[C@H](NC(=O)c1cnccn1)C1CCCCC1)C(C)(C)C)C(=O)C(=O)NC1CC1. The molecule has 268 valence electrons. The topological polar surface area (TPSA) is 180 Å². The highest BCUT2D eigenvalue weighted by Crippen LogP contribution is 2.43. The fourth-order valence-electron chi connectivity index (χ4n) is 7.87. The Hall–Kier alpha value is -3.90. The highest BCUT2D eigenvalue weighted by molar-refractivity contribution is 6.38. The maximum atomic E-state index is 14.6. The van der Waals surface area contributed by atoms with Crippen LogP contribution in [0.1, 0.15) is 115 Å². The molecule has 6 atom stereocenters. The van der Waals surface area contributed by atoms with E-state index in [-0.39, 0.29) is 35.4 Å². The lowest BCUT2D eigenvalue weighted by Crippen LogP contribution is -2.62. The molecule has 3 saturated carbocycles. The van der Waals surface area contributed by atoms with Crippen LogP contribution in [0.5, 0.6) is 0 Å². The minimum Gasteiger partial charge on any atom is -0.347 e. The van der Waals surface area contributed by atoms with Crippen molar-refractivity contribution < 1.29 is 28.8 Å². The average molecular weight is 680 g/mol. The predicted octanol–water partition coefficient (Wildman–Crippen LogP) is 2.45. The summed E-state index contributed by atoms with van der Waals surface area (Å²) in [6.07, 6.45) is 13.9. The van der Waals surface area contributed by atoms with Crippen LogP contribution in [0.25, 0.3) is 0 Å². The number of ketones is 1. The van der Waals surface area contributed by atoms with Gasteiger partial charge in [0.15, 0.2) is 0 Å². The van der Waals surface area contributed by atoms with E-state index in [0.717, 1.165) is 64.2 Å². The summed E-state index contributed by atoms with van der Waals surface area (Å²) in [5.74, 6) is -3.20. The predicted molar refractivity (Wildman–Crippen MR) is 181 cm³/mol. The number of fused-ring (bicyclic) bond motifs is 1. The van der Waals surface area contributed by atoms with Crippen LogP contribution in [-0.2, 0) is 24.0 Å². The minimum absolute atomic E-state index is 0.0132. The molecule has 0 aromatic carbocycles. The van der Waals surface area contributed by atoms with Gasteiger partial charge in [-0.05, 0) is 68.1 Å². The summed E-state index contributed by atoms with van der Waals surface area (Å²) in [6, 6.07) is -3.68. The van der Waals surface area contributed by atoms with Crippen molar-refractivity contribution in [3.05, 3.63) is 24.3 Å². The van der Waals surface area contributed by atoms with E-state index in [1.807, 2.05) is 27.7 Å². The van der Waals surface area contributed by atoms with E-state index in [9.17, 15) is 28.8 Å². The van der Waals surface area contributed by atoms with E-state index in [1.165, 1.54) is 18.6 Å². The molecule has 0 unspecified atom stereocenters. The summed E-state index contributed by atoms with van der Waals surface area (Å²) in [5, 5.41) is 11.5. The van der Waals surface area contributed by atoms with E-state index >= 15 is 0 Å². The van der Waals surface area contributed by atoms with Crippen molar-refractivity contribution in [2.24, 2.45) is 23.2 Å². The Morgan fingerprint density at radius 1 is 0.898 bits per heavy atom. The molecule has 4 fully saturated rings. The highest BCUT2D eigenvalue weighted by Gasteiger charge is 2.52. The first-order valence-corrected chi connectivity index (χ1v) is 18.2. The number of hydrogen-bond donors (Lipinski definition) is 4. The number of rotatable bonds is 13. The fraction of sp³-hybridized carbons (Fsp3) is 0.722. The summed E-state index contributed by atoms with van der Waals surface area (Å²) in [5.41, 5.74) is -0.638. The van der Waals surface area contributed by atoms with Gasteiger partial charge < -0.3 is 26.2 Å². The molecule has 13 nitrogen and oxygen atoms in total. The normalized spacial score (nSPS) is 24.2. The molecule has 1 aromatic rings. The molecule has 13 heteroatoms. The number of carbonyl (C=O) groups excluding carboxylic acids is 6. The third-order valence-electron chi connectivity index (χ3n) is 10.7. The van der Waals surface area contributed by atoms with Gasteiger partial charge in [-0.1, -0.05) is 59.8 Å². The minimum atomic E-state index is -0.994. The van der Waals surface area contributed by atoms with Crippen molar-refractivity contribution in [3.63, 3.8) is 0 Å². The van der Waals surface area contributed by atoms with Gasteiger partial charge in [0.1, 0.15) is 23.8 Å². The van der Waals surface area contributed by atoms with Gasteiger partial charge in [-0.3, -0.25) is 33.8 Å². The molecular formula is C36H53N7O6. The number of carbonyl (C=O) groups is 6. The van der Waals surface area contributed by atoms with Crippen molar-refractivity contribution in [1.82, 2.24) is 36.1 Å². The molecule has 0 bridgehead atoms. The van der Waals surface area contributed by atoms with E-state index in [1.54, 1.807) is 4.90 Å². The second-order valence-electron chi connectivity index (χ2n) is 15.5. The molecule has 0 radical (unpaired) electrons. The number of amides is 5. The standard InChI is InChI=1S/C36H53N7O6/c1-5-10-25(29(44)34(48)39-23-15-16-23)40-33(47)28-24-14-9-13-22(24)20-43(28)35(49)30(36(2,3)4)42-32(46)27(21-11-7-6-8-12-21)41-31(45)26-19-37-17-18-38-26/h17-19,21-25,27-28,30H,5-16,20H2,1-4H3,(H,39,48)(H,40,47)(H,41,45)(H,42,46)/t22-,24+,25+,27-,28+,30+/m1/s1. The van der Waals surface area contributed by atoms with Gasteiger partial charge in [-0.15, -0.1) is 0 Å². The van der Waals surface area contributed by atoms with Crippen molar-refractivity contribution in [2.45, 2.75) is 135 Å². The monoisotopic (exact) mass is 679 g/mol. The maximum Gasteiger partial charge on any atom is 0.289 e.